The molecule has 0 atom stereocenters. The number of amides is 1. The summed E-state index contributed by atoms with van der Waals surface area (Å²) < 4.78 is 1.76. The molecule has 1 aliphatic carbocycles. The van der Waals surface area contributed by atoms with Crippen molar-refractivity contribution in [3.63, 3.8) is 0 Å². The number of carbonyl (C=O) groups excluding carboxylic acids is 1. The summed E-state index contributed by atoms with van der Waals surface area (Å²) in [7, 11) is 0. The number of hydrogen-bond donors (Lipinski definition) is 2. The van der Waals surface area contributed by atoms with Gasteiger partial charge in [0.15, 0.2) is 5.65 Å². The Hall–Kier alpha value is -3.49. The number of nitrogens with one attached hydrogen (secondary N) is 2. The number of pyridine rings is 1. The van der Waals surface area contributed by atoms with Crippen molar-refractivity contribution < 1.29 is 4.79 Å². The molecular weight excluding hydrogens is 404 g/mol. The van der Waals surface area contributed by atoms with Crippen molar-refractivity contribution >= 4 is 28.5 Å². The number of likely N-dealkylation sites (tertiary alicyclic amines) is 1. The van der Waals surface area contributed by atoms with Crippen LogP contribution in [0.15, 0.2) is 37.1 Å². The lowest BCUT2D eigenvalue weighted by Crippen LogP contribution is -2.37. The van der Waals surface area contributed by atoms with E-state index in [9.17, 15) is 4.79 Å². The summed E-state index contributed by atoms with van der Waals surface area (Å²) in [5.74, 6) is 1.18. The third-order valence-corrected chi connectivity index (χ3v) is 6.84. The van der Waals surface area contributed by atoms with Gasteiger partial charge in [-0.05, 0) is 50.7 Å². The third kappa shape index (κ3) is 3.47. The molecule has 32 heavy (non-hydrogen) atoms. The molecule has 1 saturated carbocycles. The molecule has 6 rings (SSSR count). The molecule has 1 aliphatic heterocycles. The maximum absolute atomic E-state index is 12.7. The third-order valence-electron chi connectivity index (χ3n) is 6.84. The Morgan fingerprint density at radius 3 is 2.78 bits per heavy atom. The summed E-state index contributed by atoms with van der Waals surface area (Å²) >= 11 is 0. The molecular formula is C23H26N8O. The molecule has 5 heterocycles. The number of fused-ring (bicyclic) bond motifs is 2. The van der Waals surface area contributed by atoms with Crippen LogP contribution in [0.25, 0.3) is 27.8 Å². The van der Waals surface area contributed by atoms with E-state index in [1.165, 1.54) is 0 Å². The van der Waals surface area contributed by atoms with Gasteiger partial charge < -0.3 is 15.2 Å². The first-order valence-electron chi connectivity index (χ1n) is 11.4. The van der Waals surface area contributed by atoms with E-state index in [2.05, 4.69) is 30.3 Å². The van der Waals surface area contributed by atoms with E-state index in [1.54, 1.807) is 10.8 Å². The van der Waals surface area contributed by atoms with Gasteiger partial charge in [-0.25, -0.2) is 14.5 Å². The fraction of sp³-hybridized carbons (Fsp3) is 0.435. The second-order valence-corrected chi connectivity index (χ2v) is 8.86. The normalized spacial score (nSPS) is 21.4. The van der Waals surface area contributed by atoms with Crippen LogP contribution in [-0.2, 0) is 4.79 Å². The minimum absolute atomic E-state index is 0.183. The molecule has 1 amide bonds. The summed E-state index contributed by atoms with van der Waals surface area (Å²) in [4.78, 5) is 31.5. The maximum atomic E-state index is 12.7. The molecule has 2 N–H and O–H groups in total. The van der Waals surface area contributed by atoms with Crippen molar-refractivity contribution in [2.75, 3.05) is 18.4 Å². The van der Waals surface area contributed by atoms with E-state index < -0.39 is 0 Å². The molecule has 0 spiro atoms. The second kappa shape index (κ2) is 7.89. The van der Waals surface area contributed by atoms with Crippen LogP contribution in [0.3, 0.4) is 0 Å². The molecule has 164 valence electrons. The van der Waals surface area contributed by atoms with E-state index in [1.807, 2.05) is 30.7 Å². The minimum atomic E-state index is 0.183. The zero-order valence-corrected chi connectivity index (χ0v) is 17.9. The predicted molar refractivity (Wildman–Crippen MR) is 121 cm³/mol. The Morgan fingerprint density at radius 1 is 1.09 bits per heavy atom. The predicted octanol–water partition coefficient (Wildman–Crippen LogP) is 3.26. The average molecular weight is 431 g/mol. The zero-order valence-electron chi connectivity index (χ0n) is 17.9. The number of aromatic nitrogens is 6. The molecule has 0 unspecified atom stereocenters. The number of H-pyrrole nitrogens is 1. The van der Waals surface area contributed by atoms with Gasteiger partial charge in [0.25, 0.3) is 0 Å². The van der Waals surface area contributed by atoms with Crippen LogP contribution in [0.5, 0.6) is 0 Å². The van der Waals surface area contributed by atoms with Gasteiger partial charge >= 0.3 is 0 Å². The Morgan fingerprint density at radius 2 is 1.94 bits per heavy atom. The maximum Gasteiger partial charge on any atom is 0.225 e. The molecule has 0 radical (unpaired) electrons. The van der Waals surface area contributed by atoms with Crippen LogP contribution >= 0.6 is 0 Å². The summed E-state index contributed by atoms with van der Waals surface area (Å²) in [6, 6.07) is 4.28. The SMILES string of the molecule is O=C([C@H]1CC[C@@H](Nc2ncc3c(-c4ccc5ncnn5c4)c[nH]c3n2)CC1)N1CCCC1. The van der Waals surface area contributed by atoms with Gasteiger partial charge in [-0.3, -0.25) is 4.79 Å². The highest BCUT2D eigenvalue weighted by Crippen LogP contribution is 2.30. The van der Waals surface area contributed by atoms with Crippen molar-refractivity contribution in [1.29, 1.82) is 0 Å². The number of nitrogens with zero attached hydrogens (tertiary/aromatic N) is 6. The second-order valence-electron chi connectivity index (χ2n) is 8.86. The number of anilines is 1. The fourth-order valence-electron chi connectivity index (χ4n) is 5.05. The fourth-order valence-corrected chi connectivity index (χ4v) is 5.05. The zero-order chi connectivity index (χ0) is 21.5. The molecule has 1 saturated heterocycles. The lowest BCUT2D eigenvalue weighted by atomic mass is 9.85. The lowest BCUT2D eigenvalue weighted by Gasteiger charge is -2.30. The standard InChI is InChI=1S/C23H26N8O/c32-22(30-9-1-2-10-30)15-3-6-17(7-4-15)28-23-25-12-19-18(11-24-21(19)29-23)16-5-8-20-26-14-27-31(20)13-16/h5,8,11-15,17H,1-4,6-7,9-10H2,(H2,24,25,28,29)/t15-,17+. The van der Waals surface area contributed by atoms with Gasteiger partial charge in [-0.15, -0.1) is 0 Å². The van der Waals surface area contributed by atoms with Crippen LogP contribution in [0, 0.1) is 5.92 Å². The average Bonchev–Trinajstić information content (AvgIpc) is 3.59. The number of rotatable bonds is 4. The highest BCUT2D eigenvalue weighted by atomic mass is 16.2. The van der Waals surface area contributed by atoms with Gasteiger partial charge in [0.2, 0.25) is 11.9 Å². The Kier molecular flexibility index (Phi) is 4.74. The first-order chi connectivity index (χ1) is 15.7. The molecule has 4 aromatic heterocycles. The molecule has 2 fully saturated rings. The quantitative estimate of drug-likeness (QED) is 0.515. The summed E-state index contributed by atoms with van der Waals surface area (Å²) in [6.07, 6.45) is 13.4. The van der Waals surface area contributed by atoms with Crippen molar-refractivity contribution in [3.05, 3.63) is 37.1 Å². The Labute approximate surface area is 185 Å². The first kappa shape index (κ1) is 19.2. The van der Waals surface area contributed by atoms with Crippen molar-refractivity contribution in [2.24, 2.45) is 5.92 Å². The van der Waals surface area contributed by atoms with E-state index in [-0.39, 0.29) is 5.92 Å². The molecule has 0 aromatic carbocycles. The van der Waals surface area contributed by atoms with E-state index in [0.29, 0.717) is 17.9 Å². The molecule has 9 nitrogen and oxygen atoms in total. The Bertz CT molecular complexity index is 1260. The van der Waals surface area contributed by atoms with Gasteiger partial charge in [0.1, 0.15) is 12.0 Å². The summed E-state index contributed by atoms with van der Waals surface area (Å²) in [6.45, 7) is 1.88. The van der Waals surface area contributed by atoms with Gasteiger partial charge in [-0.2, -0.15) is 10.1 Å². The molecule has 4 aromatic rings. The van der Waals surface area contributed by atoms with Crippen LogP contribution in [0.2, 0.25) is 0 Å². The Balaban J connectivity index is 1.14. The van der Waals surface area contributed by atoms with Gasteiger partial charge in [0, 0.05) is 60.2 Å². The lowest BCUT2D eigenvalue weighted by molar-refractivity contribution is -0.135. The highest BCUT2D eigenvalue weighted by molar-refractivity contribution is 5.93. The van der Waals surface area contributed by atoms with Crippen molar-refractivity contribution in [3.8, 4) is 11.1 Å². The van der Waals surface area contributed by atoms with E-state index >= 15 is 0 Å². The van der Waals surface area contributed by atoms with Gasteiger partial charge in [0.05, 0.1) is 0 Å². The highest BCUT2D eigenvalue weighted by Gasteiger charge is 2.30. The number of aromatic amines is 1. The smallest absolute Gasteiger partial charge is 0.225 e. The summed E-state index contributed by atoms with van der Waals surface area (Å²) in [5.41, 5.74) is 3.67. The van der Waals surface area contributed by atoms with Crippen LogP contribution in [0.1, 0.15) is 38.5 Å². The first-order valence-corrected chi connectivity index (χ1v) is 11.4. The van der Waals surface area contributed by atoms with Crippen LogP contribution in [-0.4, -0.2) is 59.5 Å². The molecule has 0 bridgehead atoms. The molecule has 9 heteroatoms. The minimum Gasteiger partial charge on any atom is -0.351 e. The van der Waals surface area contributed by atoms with Crippen LogP contribution < -0.4 is 5.32 Å². The van der Waals surface area contributed by atoms with Crippen molar-refractivity contribution in [1.82, 2.24) is 34.4 Å². The monoisotopic (exact) mass is 430 g/mol. The van der Waals surface area contributed by atoms with E-state index in [0.717, 1.165) is 79.4 Å². The van der Waals surface area contributed by atoms with E-state index in [4.69, 9.17) is 4.98 Å². The molecule has 2 aliphatic rings. The number of carbonyl (C=O) groups is 1. The van der Waals surface area contributed by atoms with Gasteiger partial charge in [-0.1, -0.05) is 0 Å². The van der Waals surface area contributed by atoms with Crippen molar-refractivity contribution in [2.45, 2.75) is 44.6 Å². The number of hydrogen-bond acceptors (Lipinski definition) is 6. The topological polar surface area (TPSA) is 104 Å². The summed E-state index contributed by atoms with van der Waals surface area (Å²) in [5, 5.41) is 8.67. The largest absolute Gasteiger partial charge is 0.351 e. The van der Waals surface area contributed by atoms with Crippen LogP contribution in [0.4, 0.5) is 5.95 Å².